The van der Waals surface area contributed by atoms with Crippen molar-refractivity contribution in [2.75, 3.05) is 13.6 Å². The van der Waals surface area contributed by atoms with Gasteiger partial charge in [-0.1, -0.05) is 6.42 Å². The summed E-state index contributed by atoms with van der Waals surface area (Å²) in [5.41, 5.74) is -0.0308. The van der Waals surface area contributed by atoms with Crippen LogP contribution < -0.4 is 0 Å². The van der Waals surface area contributed by atoms with E-state index in [1.807, 2.05) is 0 Å². The van der Waals surface area contributed by atoms with Gasteiger partial charge in [0.15, 0.2) is 0 Å². The van der Waals surface area contributed by atoms with Gasteiger partial charge in [0, 0.05) is 29.8 Å². The number of carbonyl (C=O) groups is 1. The molecule has 1 aromatic carbocycles. The second-order valence-corrected chi connectivity index (χ2v) is 8.52. The summed E-state index contributed by atoms with van der Waals surface area (Å²) in [7, 11) is 2.74. The highest BCUT2D eigenvalue weighted by molar-refractivity contribution is 9.10. The van der Waals surface area contributed by atoms with Crippen molar-refractivity contribution in [1.82, 2.24) is 4.90 Å². The smallest absolute Gasteiger partial charge is 0.262 e. The topological polar surface area (TPSA) is 54.5 Å². The lowest BCUT2D eigenvalue weighted by Gasteiger charge is -2.30. The quantitative estimate of drug-likeness (QED) is 0.731. The number of hydrogen-bond acceptors (Lipinski definition) is 3. The number of nitrogens with zero attached hydrogens (tertiary/aromatic N) is 1. The molecule has 0 aliphatic heterocycles. The number of carbonyl (C=O) groups excluding carboxylic acids is 1. The summed E-state index contributed by atoms with van der Waals surface area (Å²) in [6, 6.07) is 2.10. The second-order valence-electron chi connectivity index (χ2n) is 5.19. The van der Waals surface area contributed by atoms with E-state index in [1.54, 1.807) is 7.05 Å². The van der Waals surface area contributed by atoms with Gasteiger partial charge in [-0.3, -0.25) is 4.79 Å². The Balaban J connectivity index is 2.30. The zero-order chi connectivity index (χ0) is 15.8. The van der Waals surface area contributed by atoms with Crippen molar-refractivity contribution in [3.05, 3.63) is 28.0 Å². The lowest BCUT2D eigenvalue weighted by atomic mass is 9.85. The molecule has 1 fully saturated rings. The first-order valence-corrected chi connectivity index (χ1v) is 9.49. The summed E-state index contributed by atoms with van der Waals surface area (Å²) in [5.74, 6) is -0.789. The van der Waals surface area contributed by atoms with Crippen LogP contribution in [0.5, 0.6) is 0 Å². The molecule has 1 amide bonds. The van der Waals surface area contributed by atoms with Gasteiger partial charge in [0.1, 0.15) is 10.7 Å². The fraction of sp³-hybridized carbons (Fsp3) is 0.462. The zero-order valence-corrected chi connectivity index (χ0v) is 14.4. The van der Waals surface area contributed by atoms with Gasteiger partial charge in [-0.2, -0.15) is 0 Å². The Morgan fingerprint density at radius 1 is 1.48 bits per heavy atom. The van der Waals surface area contributed by atoms with E-state index in [9.17, 15) is 17.6 Å². The molecule has 0 aromatic heterocycles. The van der Waals surface area contributed by atoms with Gasteiger partial charge in [0.25, 0.3) is 15.0 Å². The summed E-state index contributed by atoms with van der Waals surface area (Å²) >= 11 is 2.83. The minimum Gasteiger partial charge on any atom is -0.341 e. The lowest BCUT2D eigenvalue weighted by Crippen LogP contribution is -2.34. The fourth-order valence-corrected chi connectivity index (χ4v) is 4.32. The molecule has 116 valence electrons. The van der Waals surface area contributed by atoms with Crippen LogP contribution in [0.15, 0.2) is 21.5 Å². The van der Waals surface area contributed by atoms with E-state index in [-0.39, 0.29) is 10.0 Å². The van der Waals surface area contributed by atoms with Crippen molar-refractivity contribution in [3.8, 4) is 0 Å². The monoisotopic (exact) mass is 397 g/mol. The van der Waals surface area contributed by atoms with Crippen molar-refractivity contribution in [1.29, 1.82) is 0 Å². The average molecular weight is 399 g/mol. The molecule has 0 N–H and O–H groups in total. The first-order chi connectivity index (χ1) is 9.70. The van der Waals surface area contributed by atoms with Crippen LogP contribution in [0, 0.1) is 11.7 Å². The van der Waals surface area contributed by atoms with E-state index < -0.39 is 25.7 Å². The molecule has 1 aromatic rings. The standard InChI is InChI=1S/C13H14BrClFNO3S/c1-17(7-8-3-2-4-8)13(18)9-5-10(16)12(14)11(6-9)21(15,19)20/h5-6,8H,2-4,7H2,1H3. The van der Waals surface area contributed by atoms with Gasteiger partial charge < -0.3 is 4.90 Å². The number of hydrogen-bond donors (Lipinski definition) is 0. The Kier molecular flexibility index (Phi) is 4.95. The van der Waals surface area contributed by atoms with Gasteiger partial charge in [0.2, 0.25) is 0 Å². The second kappa shape index (κ2) is 6.22. The molecule has 21 heavy (non-hydrogen) atoms. The van der Waals surface area contributed by atoms with Crippen LogP contribution in [0.25, 0.3) is 0 Å². The van der Waals surface area contributed by atoms with Crippen molar-refractivity contribution in [2.45, 2.75) is 24.2 Å². The Morgan fingerprint density at radius 3 is 2.57 bits per heavy atom. The molecule has 2 rings (SSSR count). The van der Waals surface area contributed by atoms with Crippen molar-refractivity contribution in [3.63, 3.8) is 0 Å². The summed E-state index contributed by atoms with van der Waals surface area (Å²) < 4.78 is 36.4. The Morgan fingerprint density at radius 2 is 2.10 bits per heavy atom. The Bertz CT molecular complexity index is 676. The molecule has 0 bridgehead atoms. The predicted octanol–water partition coefficient (Wildman–Crippen LogP) is 3.39. The minimum atomic E-state index is -4.14. The fourth-order valence-electron chi connectivity index (χ4n) is 2.23. The SMILES string of the molecule is CN(CC1CCC1)C(=O)c1cc(F)c(Br)c(S(=O)(=O)Cl)c1. The van der Waals surface area contributed by atoms with Crippen molar-refractivity contribution >= 4 is 41.6 Å². The molecular weight excluding hydrogens is 385 g/mol. The molecule has 4 nitrogen and oxygen atoms in total. The third kappa shape index (κ3) is 3.76. The van der Waals surface area contributed by atoms with E-state index in [4.69, 9.17) is 10.7 Å². The van der Waals surface area contributed by atoms with Gasteiger partial charge in [-0.05, 0) is 46.8 Å². The van der Waals surface area contributed by atoms with E-state index in [2.05, 4.69) is 15.9 Å². The van der Waals surface area contributed by atoms with Gasteiger partial charge in [0.05, 0.1) is 4.47 Å². The highest BCUT2D eigenvalue weighted by Gasteiger charge is 2.25. The Labute approximate surface area is 135 Å². The maximum atomic E-state index is 13.8. The largest absolute Gasteiger partial charge is 0.341 e. The van der Waals surface area contributed by atoms with Crippen LogP contribution in [-0.4, -0.2) is 32.8 Å². The molecule has 1 aliphatic carbocycles. The van der Waals surface area contributed by atoms with E-state index in [0.717, 1.165) is 31.4 Å². The first-order valence-electron chi connectivity index (χ1n) is 6.39. The molecule has 1 saturated carbocycles. The Hall–Kier alpha value is -0.660. The molecule has 0 radical (unpaired) electrons. The van der Waals surface area contributed by atoms with Crippen molar-refractivity contribution < 1.29 is 17.6 Å². The normalized spacial score (nSPS) is 15.6. The van der Waals surface area contributed by atoms with Crippen LogP contribution in [0.1, 0.15) is 29.6 Å². The molecule has 1 aliphatic rings. The molecule has 0 heterocycles. The van der Waals surface area contributed by atoms with Crippen molar-refractivity contribution in [2.24, 2.45) is 5.92 Å². The first kappa shape index (κ1) is 16.7. The van der Waals surface area contributed by atoms with E-state index in [0.29, 0.717) is 12.5 Å². The van der Waals surface area contributed by atoms with E-state index >= 15 is 0 Å². The van der Waals surface area contributed by atoms with Crippen LogP contribution in [0.3, 0.4) is 0 Å². The number of halogens is 3. The van der Waals surface area contributed by atoms with Crippen LogP contribution in [0.2, 0.25) is 0 Å². The molecule has 0 saturated heterocycles. The van der Waals surface area contributed by atoms with Gasteiger partial charge >= 0.3 is 0 Å². The highest BCUT2D eigenvalue weighted by Crippen LogP contribution is 2.30. The summed E-state index contributed by atoms with van der Waals surface area (Å²) in [6.07, 6.45) is 3.31. The van der Waals surface area contributed by atoms with Gasteiger partial charge in [-0.15, -0.1) is 0 Å². The molecular formula is C13H14BrClFNO3S. The van der Waals surface area contributed by atoms with Gasteiger partial charge in [-0.25, -0.2) is 12.8 Å². The zero-order valence-electron chi connectivity index (χ0n) is 11.3. The van der Waals surface area contributed by atoms with Crippen LogP contribution in [0.4, 0.5) is 4.39 Å². The minimum absolute atomic E-state index is 0.0308. The van der Waals surface area contributed by atoms with E-state index in [1.165, 1.54) is 4.90 Å². The maximum Gasteiger partial charge on any atom is 0.262 e. The van der Waals surface area contributed by atoms with Crippen LogP contribution in [-0.2, 0) is 9.05 Å². The summed E-state index contributed by atoms with van der Waals surface area (Å²) in [6.45, 7) is 0.583. The predicted molar refractivity (Wildman–Crippen MR) is 81.4 cm³/mol. The molecule has 0 spiro atoms. The van der Waals surface area contributed by atoms with Crippen LogP contribution >= 0.6 is 26.6 Å². The summed E-state index contributed by atoms with van der Waals surface area (Å²) in [5, 5.41) is 0. The highest BCUT2D eigenvalue weighted by atomic mass is 79.9. The number of rotatable bonds is 4. The third-order valence-electron chi connectivity index (χ3n) is 3.61. The third-order valence-corrected chi connectivity index (χ3v) is 6.02. The molecule has 0 atom stereocenters. The average Bonchev–Trinajstić information content (AvgIpc) is 2.34. The number of amides is 1. The lowest BCUT2D eigenvalue weighted by molar-refractivity contribution is 0.0744. The maximum absolute atomic E-state index is 13.8. The molecule has 0 unspecified atom stereocenters. The number of benzene rings is 1. The molecule has 8 heteroatoms. The summed E-state index contributed by atoms with van der Waals surface area (Å²) in [4.78, 5) is 13.3.